The highest BCUT2D eigenvalue weighted by atomic mass is 127. The van der Waals surface area contributed by atoms with E-state index in [1.807, 2.05) is 0 Å². The summed E-state index contributed by atoms with van der Waals surface area (Å²) >= 11 is 3.18. The van der Waals surface area contributed by atoms with E-state index >= 15 is 0 Å². The number of amides is 2. The fourth-order valence-electron chi connectivity index (χ4n) is 0.0858. The van der Waals surface area contributed by atoms with Gasteiger partial charge in [-0.25, -0.2) is 0 Å². The highest BCUT2D eigenvalue weighted by molar-refractivity contribution is 14.1. The third-order valence-corrected chi connectivity index (χ3v) is 1.36. The molecular formula is C2H2I2N2O2. The summed E-state index contributed by atoms with van der Waals surface area (Å²) in [5.74, 6) is -1.28. The van der Waals surface area contributed by atoms with Gasteiger partial charge in [0.2, 0.25) is 0 Å². The van der Waals surface area contributed by atoms with E-state index < -0.39 is 11.8 Å². The summed E-state index contributed by atoms with van der Waals surface area (Å²) in [5.41, 5.74) is 0. The lowest BCUT2D eigenvalue weighted by Gasteiger charge is -1.90. The van der Waals surface area contributed by atoms with E-state index in [-0.39, 0.29) is 0 Å². The van der Waals surface area contributed by atoms with Crippen molar-refractivity contribution in [2.45, 2.75) is 0 Å². The maximum Gasteiger partial charge on any atom is 0.318 e. The smallest absolute Gasteiger partial charge is 0.290 e. The molecule has 0 aliphatic rings. The van der Waals surface area contributed by atoms with Crippen LogP contribution in [0.4, 0.5) is 0 Å². The van der Waals surface area contributed by atoms with E-state index in [0.717, 1.165) is 0 Å². The number of hydrogen-bond acceptors (Lipinski definition) is 2. The van der Waals surface area contributed by atoms with Crippen molar-refractivity contribution in [3.05, 3.63) is 0 Å². The fraction of sp³-hybridized carbons (Fsp3) is 0. The van der Waals surface area contributed by atoms with Crippen LogP contribution in [0.3, 0.4) is 0 Å². The zero-order chi connectivity index (χ0) is 6.57. The van der Waals surface area contributed by atoms with Gasteiger partial charge in [0.05, 0.1) is 45.7 Å². The lowest BCUT2D eigenvalue weighted by Crippen LogP contribution is -2.30. The zero-order valence-corrected chi connectivity index (χ0v) is 7.89. The Balaban J connectivity index is 3.64. The van der Waals surface area contributed by atoms with Crippen LogP contribution in [0.25, 0.3) is 0 Å². The Hall–Kier alpha value is 0.400. The van der Waals surface area contributed by atoms with Crippen LogP contribution in [0.15, 0.2) is 0 Å². The first kappa shape index (κ1) is 8.40. The zero-order valence-electron chi connectivity index (χ0n) is 3.57. The SMILES string of the molecule is O=C(NI)C(=O)NI. The minimum absolute atomic E-state index is 0.639. The van der Waals surface area contributed by atoms with Gasteiger partial charge in [-0.2, -0.15) is 0 Å². The van der Waals surface area contributed by atoms with E-state index in [0.29, 0.717) is 0 Å². The van der Waals surface area contributed by atoms with E-state index in [1.54, 1.807) is 45.7 Å². The first-order valence-corrected chi connectivity index (χ1v) is 3.69. The van der Waals surface area contributed by atoms with Crippen LogP contribution in [0.5, 0.6) is 0 Å². The van der Waals surface area contributed by atoms with E-state index in [2.05, 4.69) is 7.06 Å². The van der Waals surface area contributed by atoms with E-state index in [9.17, 15) is 9.59 Å². The lowest BCUT2D eigenvalue weighted by atomic mass is 10.6. The molecule has 46 valence electrons. The summed E-state index contributed by atoms with van der Waals surface area (Å²) in [6.45, 7) is 0. The normalized spacial score (nSPS) is 7.75. The maximum absolute atomic E-state index is 10.2. The van der Waals surface area contributed by atoms with Crippen molar-refractivity contribution in [2.24, 2.45) is 0 Å². The Bertz CT molecular complexity index is 101. The average molecular weight is 340 g/mol. The third kappa shape index (κ3) is 2.64. The molecule has 0 fully saturated rings. The van der Waals surface area contributed by atoms with Gasteiger partial charge >= 0.3 is 11.8 Å². The molecule has 0 atom stereocenters. The second kappa shape index (κ2) is 4.30. The quantitative estimate of drug-likeness (QED) is 0.368. The molecule has 0 aliphatic heterocycles. The van der Waals surface area contributed by atoms with E-state index in [1.165, 1.54) is 0 Å². The van der Waals surface area contributed by atoms with Crippen molar-refractivity contribution in [2.75, 3.05) is 0 Å². The molecule has 0 radical (unpaired) electrons. The van der Waals surface area contributed by atoms with Crippen molar-refractivity contribution < 1.29 is 9.59 Å². The molecule has 8 heavy (non-hydrogen) atoms. The molecule has 0 spiro atoms. The van der Waals surface area contributed by atoms with Crippen molar-refractivity contribution in [3.8, 4) is 0 Å². The van der Waals surface area contributed by atoms with Gasteiger partial charge in [0.1, 0.15) is 0 Å². The molecule has 0 aromatic rings. The molecule has 0 aromatic heterocycles. The molecule has 0 saturated carbocycles. The Morgan fingerprint density at radius 2 is 1.25 bits per heavy atom. The number of carbonyl (C=O) groups excluding carboxylic acids is 2. The first-order chi connectivity index (χ1) is 3.72. The summed E-state index contributed by atoms with van der Waals surface area (Å²) in [4.78, 5) is 20.4. The monoisotopic (exact) mass is 340 g/mol. The topological polar surface area (TPSA) is 58.2 Å². The predicted octanol–water partition coefficient (Wildman–Crippen LogP) is -0.0812. The number of hydrogen-bond donors (Lipinski definition) is 2. The van der Waals surface area contributed by atoms with Gasteiger partial charge in [-0.1, -0.05) is 0 Å². The van der Waals surface area contributed by atoms with Gasteiger partial charge < -0.3 is 0 Å². The number of nitrogens with one attached hydrogen (secondary N) is 2. The van der Waals surface area contributed by atoms with Crippen LogP contribution in [0.2, 0.25) is 0 Å². The van der Waals surface area contributed by atoms with Crippen molar-refractivity contribution in [1.29, 1.82) is 0 Å². The minimum Gasteiger partial charge on any atom is -0.290 e. The van der Waals surface area contributed by atoms with Crippen LogP contribution in [-0.4, -0.2) is 11.8 Å². The summed E-state index contributed by atoms with van der Waals surface area (Å²) in [7, 11) is 0. The van der Waals surface area contributed by atoms with Gasteiger partial charge in [0.25, 0.3) is 0 Å². The predicted molar refractivity (Wildman–Crippen MR) is 44.3 cm³/mol. The Labute approximate surface area is 73.8 Å². The van der Waals surface area contributed by atoms with Crippen molar-refractivity contribution in [3.63, 3.8) is 0 Å². The van der Waals surface area contributed by atoms with Gasteiger partial charge in [-0.3, -0.25) is 16.6 Å². The molecule has 0 heterocycles. The molecule has 2 amide bonds. The molecule has 0 bridgehead atoms. The Morgan fingerprint density at radius 1 is 1.00 bits per heavy atom. The molecule has 0 aliphatic carbocycles. The number of carbonyl (C=O) groups is 2. The van der Waals surface area contributed by atoms with Crippen LogP contribution >= 0.6 is 45.7 Å². The summed E-state index contributed by atoms with van der Waals surface area (Å²) in [6, 6.07) is 0. The molecule has 0 saturated heterocycles. The number of rotatable bonds is 0. The summed E-state index contributed by atoms with van der Waals surface area (Å²) in [6.07, 6.45) is 0. The Kier molecular flexibility index (Phi) is 4.51. The second-order valence-electron chi connectivity index (χ2n) is 0.847. The van der Waals surface area contributed by atoms with Gasteiger partial charge in [-0.15, -0.1) is 0 Å². The van der Waals surface area contributed by atoms with Crippen LogP contribution in [0, 0.1) is 0 Å². The third-order valence-electron chi connectivity index (χ3n) is 0.378. The largest absolute Gasteiger partial charge is 0.318 e. The standard InChI is InChI=1S/C2H2I2N2O2/c3-5-1(7)2(8)6-4/h(H,5,7)(H,6,8). The van der Waals surface area contributed by atoms with Crippen LogP contribution in [-0.2, 0) is 9.59 Å². The number of halogens is 2. The molecule has 2 N–H and O–H groups in total. The molecule has 4 nitrogen and oxygen atoms in total. The molecule has 0 rings (SSSR count). The van der Waals surface area contributed by atoms with Gasteiger partial charge in [0.15, 0.2) is 0 Å². The van der Waals surface area contributed by atoms with Gasteiger partial charge in [-0.05, 0) is 0 Å². The highest BCUT2D eigenvalue weighted by Crippen LogP contribution is 1.76. The highest BCUT2D eigenvalue weighted by Gasteiger charge is 2.07. The molecule has 6 heteroatoms. The van der Waals surface area contributed by atoms with Crippen LogP contribution < -0.4 is 7.06 Å². The van der Waals surface area contributed by atoms with Crippen LogP contribution in [0.1, 0.15) is 0 Å². The average Bonchev–Trinajstić information content (AvgIpc) is 1.84. The van der Waals surface area contributed by atoms with Crippen molar-refractivity contribution >= 4 is 57.5 Å². The minimum atomic E-state index is -0.639. The molecular weight excluding hydrogens is 338 g/mol. The molecule has 0 unspecified atom stereocenters. The Morgan fingerprint density at radius 3 is 1.38 bits per heavy atom. The first-order valence-electron chi connectivity index (χ1n) is 1.54. The maximum atomic E-state index is 10.2. The fourth-order valence-corrected chi connectivity index (χ4v) is 0.576. The summed E-state index contributed by atoms with van der Waals surface area (Å²) < 4.78 is 4.26. The van der Waals surface area contributed by atoms with Crippen molar-refractivity contribution in [1.82, 2.24) is 7.06 Å². The van der Waals surface area contributed by atoms with Gasteiger partial charge in [0, 0.05) is 0 Å². The summed E-state index contributed by atoms with van der Waals surface area (Å²) in [5, 5.41) is 0. The lowest BCUT2D eigenvalue weighted by molar-refractivity contribution is -0.136. The second-order valence-corrected chi connectivity index (χ2v) is 1.93. The van der Waals surface area contributed by atoms with E-state index in [4.69, 9.17) is 0 Å². The molecule has 0 aromatic carbocycles.